The maximum absolute atomic E-state index is 9.54. The normalized spacial score (nSPS) is 13.4. The number of hydrogen-bond donors (Lipinski definition) is 1. The van der Waals surface area contributed by atoms with Crippen LogP contribution >= 0.6 is 11.3 Å². The molecule has 1 nitrogen and oxygen atoms in total. The summed E-state index contributed by atoms with van der Waals surface area (Å²) in [6.07, 6.45) is 1.68. The van der Waals surface area contributed by atoms with Crippen molar-refractivity contribution in [2.75, 3.05) is 0 Å². The summed E-state index contributed by atoms with van der Waals surface area (Å²) in [6.45, 7) is 4.15. The van der Waals surface area contributed by atoms with Crippen LogP contribution in [0.2, 0.25) is 0 Å². The molecule has 1 N–H and O–H groups in total. The van der Waals surface area contributed by atoms with Gasteiger partial charge >= 0.3 is 0 Å². The molecule has 0 aliphatic carbocycles. The summed E-state index contributed by atoms with van der Waals surface area (Å²) >= 11 is 1.69. The summed E-state index contributed by atoms with van der Waals surface area (Å²) in [6, 6.07) is 4.07. The molecule has 1 aromatic heterocycles. The number of hydrogen-bond acceptors (Lipinski definition) is 2. The monoisotopic (exact) mass is 170 g/mol. The molecule has 1 atom stereocenters. The number of aliphatic hydroxyl groups excluding tert-OH is 1. The molecule has 0 saturated carbocycles. The van der Waals surface area contributed by atoms with E-state index in [9.17, 15) is 5.11 Å². The molecule has 0 amide bonds. The lowest BCUT2D eigenvalue weighted by Crippen LogP contribution is -1.91. The molecule has 11 heavy (non-hydrogen) atoms. The third-order valence-electron chi connectivity index (χ3n) is 1.65. The Balaban J connectivity index is 2.60. The van der Waals surface area contributed by atoms with Crippen molar-refractivity contribution >= 4 is 11.3 Å². The third-order valence-corrected chi connectivity index (χ3v) is 2.75. The lowest BCUT2D eigenvalue weighted by atomic mass is 10.2. The first kappa shape index (κ1) is 8.75. The molecule has 0 unspecified atom stereocenters. The van der Waals surface area contributed by atoms with E-state index in [1.165, 1.54) is 4.88 Å². The van der Waals surface area contributed by atoms with Crippen LogP contribution in [0, 0.1) is 6.92 Å². The highest BCUT2D eigenvalue weighted by molar-refractivity contribution is 7.11. The van der Waals surface area contributed by atoms with Crippen LogP contribution in [0.4, 0.5) is 0 Å². The van der Waals surface area contributed by atoms with Crippen LogP contribution in [0.1, 0.15) is 35.6 Å². The van der Waals surface area contributed by atoms with Gasteiger partial charge in [-0.05, 0) is 25.5 Å². The Bertz CT molecular complexity index is 217. The van der Waals surface area contributed by atoms with E-state index in [0.717, 1.165) is 17.7 Å². The minimum absolute atomic E-state index is 0.237. The first-order valence-electron chi connectivity index (χ1n) is 3.98. The van der Waals surface area contributed by atoms with Crippen LogP contribution < -0.4 is 0 Å². The number of thiophene rings is 1. The number of aliphatic hydroxyl groups is 1. The quantitative estimate of drug-likeness (QED) is 0.739. The predicted molar refractivity (Wildman–Crippen MR) is 48.9 cm³/mol. The van der Waals surface area contributed by atoms with Gasteiger partial charge in [0.2, 0.25) is 0 Å². The molecule has 1 aromatic rings. The topological polar surface area (TPSA) is 20.2 Å². The van der Waals surface area contributed by atoms with Crippen molar-refractivity contribution < 1.29 is 5.11 Å². The Morgan fingerprint density at radius 2 is 2.27 bits per heavy atom. The summed E-state index contributed by atoms with van der Waals surface area (Å²) in [5.74, 6) is 0. The minimum Gasteiger partial charge on any atom is -0.388 e. The SMILES string of the molecule is CCC[C@H](O)c1ccc(C)s1. The highest BCUT2D eigenvalue weighted by atomic mass is 32.1. The van der Waals surface area contributed by atoms with Gasteiger partial charge in [0.25, 0.3) is 0 Å². The zero-order chi connectivity index (χ0) is 8.27. The van der Waals surface area contributed by atoms with Crippen LogP contribution in [0.25, 0.3) is 0 Å². The molecule has 0 fully saturated rings. The predicted octanol–water partition coefficient (Wildman–Crippen LogP) is 2.89. The van der Waals surface area contributed by atoms with Crippen LogP contribution in [-0.2, 0) is 0 Å². The van der Waals surface area contributed by atoms with Crippen molar-refractivity contribution in [3.05, 3.63) is 21.9 Å². The van der Waals surface area contributed by atoms with E-state index in [2.05, 4.69) is 19.9 Å². The van der Waals surface area contributed by atoms with Crippen LogP contribution in [0.5, 0.6) is 0 Å². The van der Waals surface area contributed by atoms with Gasteiger partial charge in [0, 0.05) is 9.75 Å². The maximum atomic E-state index is 9.54. The standard InChI is InChI=1S/C9H14OS/c1-3-4-8(10)9-6-5-7(2)11-9/h5-6,8,10H,3-4H2,1-2H3/t8-/m0/s1. The van der Waals surface area contributed by atoms with E-state index in [-0.39, 0.29) is 6.10 Å². The molecule has 0 radical (unpaired) electrons. The smallest absolute Gasteiger partial charge is 0.0882 e. The van der Waals surface area contributed by atoms with E-state index in [4.69, 9.17) is 0 Å². The van der Waals surface area contributed by atoms with Crippen molar-refractivity contribution in [2.45, 2.75) is 32.8 Å². The Morgan fingerprint density at radius 3 is 2.73 bits per heavy atom. The molecule has 0 spiro atoms. The largest absolute Gasteiger partial charge is 0.388 e. The lowest BCUT2D eigenvalue weighted by molar-refractivity contribution is 0.170. The molecule has 0 bridgehead atoms. The zero-order valence-corrected chi connectivity index (χ0v) is 7.82. The average molecular weight is 170 g/mol. The van der Waals surface area contributed by atoms with Gasteiger partial charge in [-0.25, -0.2) is 0 Å². The van der Waals surface area contributed by atoms with Gasteiger partial charge in [0.1, 0.15) is 0 Å². The molecule has 0 aliphatic heterocycles. The molecule has 62 valence electrons. The molecule has 0 saturated heterocycles. The second-order valence-electron chi connectivity index (χ2n) is 2.75. The molecule has 2 heteroatoms. The summed E-state index contributed by atoms with van der Waals surface area (Å²) < 4.78 is 0. The minimum atomic E-state index is -0.237. The Kier molecular flexibility index (Phi) is 3.09. The fraction of sp³-hybridized carbons (Fsp3) is 0.556. The summed E-state index contributed by atoms with van der Waals surface area (Å²) in [4.78, 5) is 2.37. The molecule has 0 aliphatic rings. The highest BCUT2D eigenvalue weighted by Gasteiger charge is 2.07. The van der Waals surface area contributed by atoms with Crippen molar-refractivity contribution in [1.29, 1.82) is 0 Å². The summed E-state index contributed by atoms with van der Waals surface area (Å²) in [5.41, 5.74) is 0. The van der Waals surface area contributed by atoms with Gasteiger partial charge in [-0.15, -0.1) is 11.3 Å². The number of aryl methyl sites for hydroxylation is 1. The van der Waals surface area contributed by atoms with Gasteiger partial charge in [-0.2, -0.15) is 0 Å². The molecule has 0 aromatic carbocycles. The zero-order valence-electron chi connectivity index (χ0n) is 7.00. The van der Waals surface area contributed by atoms with Crippen LogP contribution in [0.3, 0.4) is 0 Å². The fourth-order valence-corrected chi connectivity index (χ4v) is 1.95. The Hall–Kier alpha value is -0.340. The van der Waals surface area contributed by atoms with Crippen molar-refractivity contribution in [1.82, 2.24) is 0 Å². The Morgan fingerprint density at radius 1 is 1.55 bits per heavy atom. The second-order valence-corrected chi connectivity index (χ2v) is 4.07. The van der Waals surface area contributed by atoms with E-state index >= 15 is 0 Å². The highest BCUT2D eigenvalue weighted by Crippen LogP contribution is 2.25. The van der Waals surface area contributed by atoms with Gasteiger partial charge in [0.15, 0.2) is 0 Å². The van der Waals surface area contributed by atoms with Gasteiger partial charge < -0.3 is 5.11 Å². The van der Waals surface area contributed by atoms with Crippen LogP contribution in [0.15, 0.2) is 12.1 Å². The van der Waals surface area contributed by atoms with E-state index < -0.39 is 0 Å². The van der Waals surface area contributed by atoms with Gasteiger partial charge in [-0.3, -0.25) is 0 Å². The first-order chi connectivity index (χ1) is 5.24. The lowest BCUT2D eigenvalue weighted by Gasteiger charge is -2.04. The fourth-order valence-electron chi connectivity index (χ4n) is 1.05. The third kappa shape index (κ3) is 2.31. The van der Waals surface area contributed by atoms with Crippen LogP contribution in [-0.4, -0.2) is 5.11 Å². The van der Waals surface area contributed by atoms with Crippen molar-refractivity contribution in [3.63, 3.8) is 0 Å². The average Bonchev–Trinajstić information content (AvgIpc) is 2.36. The van der Waals surface area contributed by atoms with E-state index in [1.807, 2.05) is 6.07 Å². The van der Waals surface area contributed by atoms with Crippen molar-refractivity contribution in [3.8, 4) is 0 Å². The molecular formula is C9H14OS. The number of rotatable bonds is 3. The van der Waals surface area contributed by atoms with Gasteiger partial charge in [-0.1, -0.05) is 13.3 Å². The van der Waals surface area contributed by atoms with E-state index in [0.29, 0.717) is 0 Å². The second kappa shape index (κ2) is 3.88. The van der Waals surface area contributed by atoms with Crippen molar-refractivity contribution in [2.24, 2.45) is 0 Å². The first-order valence-corrected chi connectivity index (χ1v) is 4.80. The molecule has 1 heterocycles. The maximum Gasteiger partial charge on any atom is 0.0882 e. The molecule has 1 rings (SSSR count). The summed E-state index contributed by atoms with van der Waals surface area (Å²) in [7, 11) is 0. The Labute approximate surface area is 71.7 Å². The summed E-state index contributed by atoms with van der Waals surface area (Å²) in [5, 5.41) is 9.54. The molecular weight excluding hydrogens is 156 g/mol. The van der Waals surface area contributed by atoms with Gasteiger partial charge in [0.05, 0.1) is 6.10 Å². The van der Waals surface area contributed by atoms with E-state index in [1.54, 1.807) is 11.3 Å².